The third kappa shape index (κ3) is 4.26. The molecule has 1 unspecified atom stereocenters. The molecule has 3 nitrogen and oxygen atoms in total. The Bertz CT molecular complexity index is 436. The van der Waals surface area contributed by atoms with Crippen molar-refractivity contribution in [2.45, 2.75) is 58.1 Å². The van der Waals surface area contributed by atoms with Gasteiger partial charge < -0.3 is 9.64 Å². The molecule has 0 bridgehead atoms. The van der Waals surface area contributed by atoms with Crippen molar-refractivity contribution in [2.24, 2.45) is 0 Å². The van der Waals surface area contributed by atoms with Crippen LogP contribution in [0.3, 0.4) is 0 Å². The second-order valence-electron chi connectivity index (χ2n) is 6.49. The molecule has 1 saturated heterocycles. The van der Waals surface area contributed by atoms with E-state index in [-0.39, 0.29) is 6.09 Å². The number of likely N-dealkylation sites (tertiary alicyclic amines) is 1. The number of hydrogen-bond donors (Lipinski definition) is 0. The lowest BCUT2D eigenvalue weighted by atomic mass is 9.96. The molecule has 1 amide bonds. The standard InChI is InChI=1S/C17H25NO2/c1-17(2,3)20-16(19)18-13-12-15(18)11-7-10-14-8-5-4-6-9-14/h4-6,8-9,15H,7,10-13H2,1-3H3. The van der Waals surface area contributed by atoms with Gasteiger partial charge in [0.15, 0.2) is 0 Å². The number of rotatable bonds is 4. The summed E-state index contributed by atoms with van der Waals surface area (Å²) in [5.41, 5.74) is 0.969. The fourth-order valence-corrected chi connectivity index (χ4v) is 2.49. The molecule has 20 heavy (non-hydrogen) atoms. The molecule has 1 aliphatic heterocycles. The van der Waals surface area contributed by atoms with Gasteiger partial charge in [-0.1, -0.05) is 30.3 Å². The summed E-state index contributed by atoms with van der Waals surface area (Å²) < 4.78 is 5.42. The van der Waals surface area contributed by atoms with Gasteiger partial charge in [0, 0.05) is 12.6 Å². The minimum atomic E-state index is -0.402. The molecule has 1 aromatic rings. The first kappa shape index (κ1) is 14.9. The van der Waals surface area contributed by atoms with Gasteiger partial charge in [-0.2, -0.15) is 0 Å². The number of carbonyl (C=O) groups is 1. The molecule has 2 rings (SSSR count). The van der Waals surface area contributed by atoms with Crippen LogP contribution in [0.5, 0.6) is 0 Å². The van der Waals surface area contributed by atoms with Crippen LogP contribution in [0.2, 0.25) is 0 Å². The van der Waals surface area contributed by atoms with Crippen molar-refractivity contribution in [3.8, 4) is 0 Å². The fraction of sp³-hybridized carbons (Fsp3) is 0.588. The van der Waals surface area contributed by atoms with Crippen molar-refractivity contribution >= 4 is 6.09 Å². The highest BCUT2D eigenvalue weighted by Gasteiger charge is 2.34. The van der Waals surface area contributed by atoms with Crippen LogP contribution < -0.4 is 0 Å². The Kier molecular flexibility index (Phi) is 4.69. The zero-order valence-electron chi connectivity index (χ0n) is 12.8. The first-order chi connectivity index (χ1) is 9.46. The Balaban J connectivity index is 1.73. The van der Waals surface area contributed by atoms with Gasteiger partial charge in [-0.3, -0.25) is 0 Å². The van der Waals surface area contributed by atoms with Gasteiger partial charge in [0.25, 0.3) is 0 Å². The van der Waals surface area contributed by atoms with Crippen LogP contribution in [0.15, 0.2) is 30.3 Å². The molecule has 1 fully saturated rings. The molecule has 110 valence electrons. The lowest BCUT2D eigenvalue weighted by Crippen LogP contribution is -2.52. The predicted octanol–water partition coefficient (Wildman–Crippen LogP) is 4.02. The van der Waals surface area contributed by atoms with Gasteiger partial charge in [0.05, 0.1) is 0 Å². The van der Waals surface area contributed by atoms with Gasteiger partial charge in [-0.25, -0.2) is 4.79 Å². The maximum Gasteiger partial charge on any atom is 0.410 e. The SMILES string of the molecule is CC(C)(C)OC(=O)N1CCC1CCCc1ccccc1. The summed E-state index contributed by atoms with van der Waals surface area (Å²) in [6, 6.07) is 10.9. The molecule has 0 radical (unpaired) electrons. The summed E-state index contributed by atoms with van der Waals surface area (Å²) in [4.78, 5) is 13.9. The number of carbonyl (C=O) groups excluding carboxylic acids is 1. The van der Waals surface area contributed by atoms with Gasteiger partial charge >= 0.3 is 6.09 Å². The fourth-order valence-electron chi connectivity index (χ4n) is 2.49. The highest BCUT2D eigenvalue weighted by molar-refractivity contribution is 5.69. The summed E-state index contributed by atoms with van der Waals surface area (Å²) in [6.45, 7) is 6.57. The molecule has 0 N–H and O–H groups in total. The average molecular weight is 275 g/mol. The molecule has 1 aromatic carbocycles. The van der Waals surface area contributed by atoms with E-state index in [1.54, 1.807) is 0 Å². The highest BCUT2D eigenvalue weighted by atomic mass is 16.6. The van der Waals surface area contributed by atoms with Gasteiger partial charge in [-0.15, -0.1) is 0 Å². The summed E-state index contributed by atoms with van der Waals surface area (Å²) in [7, 11) is 0. The van der Waals surface area contributed by atoms with Crippen molar-refractivity contribution in [3.63, 3.8) is 0 Å². The number of hydrogen-bond acceptors (Lipinski definition) is 2. The molecule has 3 heteroatoms. The minimum Gasteiger partial charge on any atom is -0.444 e. The molecular weight excluding hydrogens is 250 g/mol. The van der Waals surface area contributed by atoms with Crippen molar-refractivity contribution < 1.29 is 9.53 Å². The maximum absolute atomic E-state index is 12.0. The monoisotopic (exact) mass is 275 g/mol. The molecule has 0 aromatic heterocycles. The van der Waals surface area contributed by atoms with Crippen LogP contribution in [-0.2, 0) is 11.2 Å². The van der Waals surface area contributed by atoms with Gasteiger partial charge in [-0.05, 0) is 52.0 Å². The summed E-state index contributed by atoms with van der Waals surface area (Å²) >= 11 is 0. The Morgan fingerprint density at radius 2 is 2.00 bits per heavy atom. The van der Waals surface area contributed by atoms with Crippen molar-refractivity contribution in [3.05, 3.63) is 35.9 Å². The molecule has 0 spiro atoms. The number of ether oxygens (including phenoxy) is 1. The van der Waals surface area contributed by atoms with Crippen LogP contribution in [0, 0.1) is 0 Å². The smallest absolute Gasteiger partial charge is 0.410 e. The minimum absolute atomic E-state index is 0.159. The third-order valence-electron chi connectivity index (χ3n) is 3.62. The molecule has 1 atom stereocenters. The zero-order valence-corrected chi connectivity index (χ0v) is 12.8. The van der Waals surface area contributed by atoms with E-state index >= 15 is 0 Å². The van der Waals surface area contributed by atoms with Crippen LogP contribution >= 0.6 is 0 Å². The third-order valence-corrected chi connectivity index (χ3v) is 3.62. The second kappa shape index (κ2) is 6.29. The first-order valence-electron chi connectivity index (χ1n) is 7.49. The molecule has 1 heterocycles. The summed E-state index contributed by atoms with van der Waals surface area (Å²) in [5, 5.41) is 0. The van der Waals surface area contributed by atoms with Crippen molar-refractivity contribution in [1.82, 2.24) is 4.90 Å². The van der Waals surface area contributed by atoms with Crippen LogP contribution in [0.4, 0.5) is 4.79 Å². The van der Waals surface area contributed by atoms with E-state index < -0.39 is 5.60 Å². The second-order valence-corrected chi connectivity index (χ2v) is 6.49. The summed E-state index contributed by atoms with van der Waals surface area (Å²) in [6.07, 6.45) is 4.21. The molecule has 0 aliphatic carbocycles. The molecule has 0 saturated carbocycles. The van der Waals surface area contributed by atoms with E-state index in [1.165, 1.54) is 5.56 Å². The summed E-state index contributed by atoms with van der Waals surface area (Å²) in [5.74, 6) is 0. The zero-order chi connectivity index (χ0) is 14.6. The topological polar surface area (TPSA) is 29.5 Å². The Labute approximate surface area is 121 Å². The Morgan fingerprint density at radius 1 is 1.30 bits per heavy atom. The van der Waals surface area contributed by atoms with E-state index in [9.17, 15) is 4.79 Å². The maximum atomic E-state index is 12.0. The lowest BCUT2D eigenvalue weighted by Gasteiger charge is -2.41. The van der Waals surface area contributed by atoms with E-state index in [0.29, 0.717) is 6.04 Å². The number of aryl methyl sites for hydroxylation is 1. The van der Waals surface area contributed by atoms with E-state index in [1.807, 2.05) is 31.7 Å². The number of benzene rings is 1. The van der Waals surface area contributed by atoms with Crippen LogP contribution in [0.1, 0.15) is 45.6 Å². The lowest BCUT2D eigenvalue weighted by molar-refractivity contribution is -0.00692. The predicted molar refractivity (Wildman–Crippen MR) is 80.7 cm³/mol. The van der Waals surface area contributed by atoms with Crippen molar-refractivity contribution in [2.75, 3.05) is 6.54 Å². The van der Waals surface area contributed by atoms with E-state index in [2.05, 4.69) is 24.3 Å². The molecule has 1 aliphatic rings. The first-order valence-corrected chi connectivity index (χ1v) is 7.49. The number of amides is 1. The van der Waals surface area contributed by atoms with Gasteiger partial charge in [0.2, 0.25) is 0 Å². The molecular formula is C17H25NO2. The van der Waals surface area contributed by atoms with Crippen LogP contribution in [-0.4, -0.2) is 29.2 Å². The Morgan fingerprint density at radius 3 is 2.55 bits per heavy atom. The number of nitrogens with zero attached hydrogens (tertiary/aromatic N) is 1. The Hall–Kier alpha value is -1.51. The quantitative estimate of drug-likeness (QED) is 0.830. The van der Waals surface area contributed by atoms with E-state index in [4.69, 9.17) is 4.74 Å². The van der Waals surface area contributed by atoms with Crippen LogP contribution in [0.25, 0.3) is 0 Å². The van der Waals surface area contributed by atoms with Gasteiger partial charge in [0.1, 0.15) is 5.60 Å². The largest absolute Gasteiger partial charge is 0.444 e. The average Bonchev–Trinajstić information content (AvgIpc) is 2.32. The van der Waals surface area contributed by atoms with E-state index in [0.717, 1.165) is 32.2 Å². The van der Waals surface area contributed by atoms with Crippen molar-refractivity contribution in [1.29, 1.82) is 0 Å². The highest BCUT2D eigenvalue weighted by Crippen LogP contribution is 2.25. The normalized spacial score (nSPS) is 18.6.